The third-order valence-corrected chi connectivity index (χ3v) is 4.36. The van der Waals surface area contributed by atoms with Crippen molar-refractivity contribution in [3.8, 4) is 11.8 Å². The molecule has 0 unspecified atom stereocenters. The topological polar surface area (TPSA) is 99.6 Å². The second-order valence-corrected chi connectivity index (χ2v) is 6.68. The van der Waals surface area contributed by atoms with E-state index >= 15 is 0 Å². The van der Waals surface area contributed by atoms with Crippen LogP contribution < -0.4 is 11.2 Å². The van der Waals surface area contributed by atoms with Crippen molar-refractivity contribution in [2.75, 3.05) is 13.2 Å². The van der Waals surface area contributed by atoms with Crippen LogP contribution in [-0.2, 0) is 25.2 Å². The fourth-order valence-corrected chi connectivity index (χ4v) is 2.85. The Kier molecular flexibility index (Phi) is 8.25. The number of carbonyl (C=O) groups is 1. The highest BCUT2D eigenvalue weighted by Crippen LogP contribution is 2.32. The van der Waals surface area contributed by atoms with E-state index in [2.05, 4.69) is 11.8 Å². The third-order valence-electron chi connectivity index (χ3n) is 4.36. The molecule has 1 aliphatic heterocycles. The van der Waals surface area contributed by atoms with Gasteiger partial charge in [0.25, 0.3) is 5.56 Å². The molecule has 0 aliphatic carbocycles. The van der Waals surface area contributed by atoms with Gasteiger partial charge in [0.2, 0.25) is 0 Å². The first kappa shape index (κ1) is 23.7. The number of alkyl halides is 3. The molecule has 0 aromatic carbocycles. The number of nitrogens with one attached hydrogen (secondary N) is 1. The lowest BCUT2D eigenvalue weighted by Crippen LogP contribution is -2.36. The molecule has 11 heteroatoms. The van der Waals surface area contributed by atoms with E-state index in [0.717, 1.165) is 12.8 Å². The van der Waals surface area contributed by atoms with Crippen molar-refractivity contribution in [3.63, 3.8) is 0 Å². The molecule has 0 radical (unpaired) electrons. The normalized spacial score (nSPS) is 21.2. The highest BCUT2D eigenvalue weighted by Gasteiger charge is 2.40. The number of aromatic nitrogens is 2. The predicted molar refractivity (Wildman–Crippen MR) is 98.5 cm³/mol. The number of nitrogens with zero attached hydrogens (tertiary/aromatic N) is 1. The largest absolute Gasteiger partial charge is 0.463 e. The number of halogens is 3. The number of H-pyrrole nitrogens is 1. The quantitative estimate of drug-likeness (QED) is 0.402. The summed E-state index contributed by atoms with van der Waals surface area (Å²) in [4.78, 5) is 36.3. The zero-order chi connectivity index (χ0) is 22.3. The van der Waals surface area contributed by atoms with E-state index in [0.29, 0.717) is 17.2 Å². The predicted octanol–water partition coefficient (Wildman–Crippen LogP) is 1.98. The van der Waals surface area contributed by atoms with Crippen molar-refractivity contribution in [1.82, 2.24) is 9.55 Å². The maximum absolute atomic E-state index is 13.0. The van der Waals surface area contributed by atoms with Crippen molar-refractivity contribution >= 4 is 5.97 Å². The molecule has 0 spiro atoms. The molecule has 30 heavy (non-hydrogen) atoms. The third kappa shape index (κ3) is 6.47. The Hall–Kier alpha value is -2.58. The molecule has 166 valence electrons. The van der Waals surface area contributed by atoms with E-state index in [1.165, 1.54) is 6.92 Å². The SMILES string of the molecule is CCCCC#CCO[C@H]1C[C@H](n2cc(C(F)(F)F)c(=O)[nH]c2=O)O[C@@H]1COC(C)=O. The van der Waals surface area contributed by atoms with Crippen molar-refractivity contribution in [3.05, 3.63) is 32.6 Å². The van der Waals surface area contributed by atoms with E-state index < -0.39 is 47.4 Å². The Morgan fingerprint density at radius 1 is 1.37 bits per heavy atom. The molecule has 1 N–H and O–H groups in total. The molecule has 0 amide bonds. The number of hydrogen-bond donors (Lipinski definition) is 1. The Bertz CT molecular complexity index is 912. The van der Waals surface area contributed by atoms with Crippen LogP contribution >= 0.6 is 0 Å². The van der Waals surface area contributed by atoms with E-state index in [9.17, 15) is 27.6 Å². The van der Waals surface area contributed by atoms with Gasteiger partial charge in [0.1, 0.15) is 31.1 Å². The second-order valence-electron chi connectivity index (χ2n) is 6.68. The number of carbonyl (C=O) groups excluding carboxylic acids is 1. The van der Waals surface area contributed by atoms with E-state index in [1.54, 1.807) is 4.98 Å². The second kappa shape index (κ2) is 10.4. The van der Waals surface area contributed by atoms with Crippen LogP contribution in [0.1, 0.15) is 51.3 Å². The number of hydrogen-bond acceptors (Lipinski definition) is 6. The van der Waals surface area contributed by atoms with E-state index in [1.807, 2.05) is 6.92 Å². The molecule has 1 saturated heterocycles. The summed E-state index contributed by atoms with van der Waals surface area (Å²) >= 11 is 0. The van der Waals surface area contributed by atoms with Gasteiger partial charge < -0.3 is 14.2 Å². The maximum atomic E-state index is 13.0. The number of unbranched alkanes of at least 4 members (excludes halogenated alkanes) is 2. The van der Waals surface area contributed by atoms with Crippen molar-refractivity contribution < 1.29 is 32.2 Å². The zero-order valence-electron chi connectivity index (χ0n) is 16.6. The Balaban J connectivity index is 2.19. The van der Waals surface area contributed by atoms with Gasteiger partial charge in [-0.1, -0.05) is 19.3 Å². The van der Waals surface area contributed by atoms with Gasteiger partial charge in [0.05, 0.1) is 6.10 Å². The van der Waals surface area contributed by atoms with Crippen LogP contribution in [0.5, 0.6) is 0 Å². The van der Waals surface area contributed by atoms with Crippen LogP contribution in [0.25, 0.3) is 0 Å². The van der Waals surface area contributed by atoms with Crippen molar-refractivity contribution in [2.24, 2.45) is 0 Å². The highest BCUT2D eigenvalue weighted by molar-refractivity contribution is 5.65. The maximum Gasteiger partial charge on any atom is 0.423 e. The summed E-state index contributed by atoms with van der Waals surface area (Å²) in [7, 11) is 0. The Morgan fingerprint density at radius 3 is 2.73 bits per heavy atom. The van der Waals surface area contributed by atoms with Crippen LogP contribution in [0.15, 0.2) is 15.8 Å². The van der Waals surface area contributed by atoms with Crippen LogP contribution in [0.3, 0.4) is 0 Å². The summed E-state index contributed by atoms with van der Waals surface area (Å²) in [6.45, 7) is 3.08. The molecular weight excluding hydrogens is 409 g/mol. The van der Waals surface area contributed by atoms with Crippen molar-refractivity contribution in [2.45, 2.75) is 64.1 Å². The number of esters is 1. The van der Waals surface area contributed by atoms with Gasteiger partial charge in [-0.3, -0.25) is 19.1 Å². The molecule has 1 aromatic heterocycles. The van der Waals surface area contributed by atoms with Gasteiger partial charge in [-0.15, -0.1) is 5.92 Å². The van der Waals surface area contributed by atoms with E-state index in [-0.39, 0.29) is 19.6 Å². The Morgan fingerprint density at radius 2 is 2.10 bits per heavy atom. The highest BCUT2D eigenvalue weighted by atomic mass is 19.4. The summed E-state index contributed by atoms with van der Waals surface area (Å²) in [5.74, 6) is 5.20. The number of rotatable bonds is 7. The van der Waals surface area contributed by atoms with Gasteiger partial charge in [0, 0.05) is 26.0 Å². The molecule has 1 aromatic rings. The minimum Gasteiger partial charge on any atom is -0.463 e. The van der Waals surface area contributed by atoms with Gasteiger partial charge in [-0.25, -0.2) is 4.79 Å². The smallest absolute Gasteiger partial charge is 0.423 e. The average molecular weight is 432 g/mol. The fourth-order valence-electron chi connectivity index (χ4n) is 2.85. The van der Waals surface area contributed by atoms with Gasteiger partial charge >= 0.3 is 17.8 Å². The Labute approximate surface area is 170 Å². The van der Waals surface area contributed by atoms with Gasteiger partial charge in [-0.05, 0) is 6.42 Å². The molecular formula is C19H23F3N2O6. The fraction of sp³-hybridized carbons (Fsp3) is 0.632. The first-order valence-electron chi connectivity index (χ1n) is 9.42. The summed E-state index contributed by atoms with van der Waals surface area (Å²) in [5, 5.41) is 0. The number of aromatic amines is 1. The minimum absolute atomic E-state index is 0.00577. The lowest BCUT2D eigenvalue weighted by Gasteiger charge is -2.18. The average Bonchev–Trinajstić information content (AvgIpc) is 3.04. The summed E-state index contributed by atoms with van der Waals surface area (Å²) in [6.07, 6.45) is -4.48. The molecule has 1 fully saturated rings. The monoisotopic (exact) mass is 432 g/mol. The molecule has 0 bridgehead atoms. The lowest BCUT2D eigenvalue weighted by atomic mass is 10.2. The summed E-state index contributed by atoms with van der Waals surface area (Å²) < 4.78 is 55.9. The van der Waals surface area contributed by atoms with Crippen LogP contribution in [-0.4, -0.2) is 40.9 Å². The molecule has 2 rings (SSSR count). The summed E-state index contributed by atoms with van der Waals surface area (Å²) in [6, 6.07) is 0. The lowest BCUT2D eigenvalue weighted by molar-refractivity contribution is -0.148. The zero-order valence-corrected chi connectivity index (χ0v) is 16.6. The van der Waals surface area contributed by atoms with Crippen LogP contribution in [0, 0.1) is 11.8 Å². The first-order valence-corrected chi connectivity index (χ1v) is 9.42. The molecule has 8 nitrogen and oxygen atoms in total. The molecule has 0 saturated carbocycles. The van der Waals surface area contributed by atoms with Crippen LogP contribution in [0.2, 0.25) is 0 Å². The molecule has 2 heterocycles. The van der Waals surface area contributed by atoms with Gasteiger partial charge in [-0.2, -0.15) is 13.2 Å². The standard InChI is InChI=1S/C19H23F3N2O6/c1-3-4-5-6-7-8-28-14-9-16(30-15(14)11-29-12(2)25)24-10-13(19(20,21)22)17(26)23-18(24)27/h10,14-16H,3-5,8-9,11H2,1-2H3,(H,23,26,27)/t14-,15+,16+/m0/s1. The van der Waals surface area contributed by atoms with Crippen LogP contribution in [0.4, 0.5) is 13.2 Å². The molecule has 3 atom stereocenters. The molecule has 1 aliphatic rings. The van der Waals surface area contributed by atoms with Crippen molar-refractivity contribution in [1.29, 1.82) is 0 Å². The first-order chi connectivity index (χ1) is 14.1. The summed E-state index contributed by atoms with van der Waals surface area (Å²) in [5.41, 5.74) is -4.11. The minimum atomic E-state index is -4.94. The van der Waals surface area contributed by atoms with Gasteiger partial charge in [0.15, 0.2) is 0 Å². The van der Waals surface area contributed by atoms with E-state index in [4.69, 9.17) is 14.2 Å². The number of ether oxygens (including phenoxy) is 3.